The van der Waals surface area contributed by atoms with Crippen LogP contribution in [-0.2, 0) is 12.0 Å². The number of carbonyl (C=O) groups excluding carboxylic acids is 1. The summed E-state index contributed by atoms with van der Waals surface area (Å²) < 4.78 is 4.18. The summed E-state index contributed by atoms with van der Waals surface area (Å²) in [5.74, 6) is 0.0462. The number of hydrogen-bond acceptors (Lipinski definition) is 2. The van der Waals surface area contributed by atoms with Gasteiger partial charge in [0, 0.05) is 22.3 Å². The largest absolute Gasteiger partial charge is 0.316 e. The van der Waals surface area contributed by atoms with Crippen LogP contribution in [0, 0.1) is 13.8 Å². The summed E-state index contributed by atoms with van der Waals surface area (Å²) in [6.07, 6.45) is 5.47. The maximum absolute atomic E-state index is 13.9. The predicted molar refractivity (Wildman–Crippen MR) is 165 cm³/mol. The molecule has 4 nitrogen and oxygen atoms in total. The van der Waals surface area contributed by atoms with Gasteiger partial charge in [0.1, 0.15) is 5.54 Å². The molecular weight excluding hydrogens is 502 g/mol. The molecule has 0 N–H and O–H groups in total. The van der Waals surface area contributed by atoms with Gasteiger partial charge in [-0.3, -0.25) is 9.36 Å². The highest BCUT2D eigenvalue weighted by Gasteiger charge is 2.39. The van der Waals surface area contributed by atoms with E-state index >= 15 is 0 Å². The fraction of sp³-hybridized carbons (Fsp3) is 0.135. The number of imidazole rings is 1. The zero-order chi connectivity index (χ0) is 28.0. The molecule has 0 bridgehead atoms. The number of benzene rings is 4. The molecule has 0 aliphatic carbocycles. The van der Waals surface area contributed by atoms with Crippen LogP contribution < -0.4 is 0 Å². The van der Waals surface area contributed by atoms with Crippen molar-refractivity contribution in [3.8, 4) is 0 Å². The van der Waals surface area contributed by atoms with Gasteiger partial charge in [0.15, 0.2) is 0 Å². The van der Waals surface area contributed by atoms with E-state index in [1.54, 1.807) is 0 Å². The fourth-order valence-corrected chi connectivity index (χ4v) is 6.65. The minimum absolute atomic E-state index is 0.0462. The van der Waals surface area contributed by atoms with Crippen LogP contribution in [0.3, 0.4) is 0 Å². The molecule has 200 valence electrons. The minimum Gasteiger partial charge on any atom is -0.316 e. The lowest BCUT2D eigenvalue weighted by atomic mass is 9.76. The third-order valence-corrected chi connectivity index (χ3v) is 8.65. The smallest absolute Gasteiger partial charge is 0.258 e. The lowest BCUT2D eigenvalue weighted by Gasteiger charge is -2.38. The normalized spacial score (nSPS) is 14.5. The van der Waals surface area contributed by atoms with Gasteiger partial charge in [-0.15, -0.1) is 0 Å². The number of nitrogens with zero attached hydrogens (tertiary/aromatic N) is 3. The second kappa shape index (κ2) is 9.90. The van der Waals surface area contributed by atoms with E-state index in [0.717, 1.165) is 56.7 Å². The molecule has 0 amide bonds. The number of aryl methyl sites for hydroxylation is 1. The molecule has 2 aromatic heterocycles. The molecule has 4 aromatic carbocycles. The van der Waals surface area contributed by atoms with Crippen LogP contribution in [0.5, 0.6) is 0 Å². The van der Waals surface area contributed by atoms with Gasteiger partial charge in [0.05, 0.1) is 17.5 Å². The van der Waals surface area contributed by atoms with Crippen molar-refractivity contribution in [2.24, 2.45) is 0 Å². The highest BCUT2D eigenvalue weighted by molar-refractivity contribution is 6.07. The first kappa shape index (κ1) is 25.0. The molecule has 0 spiro atoms. The average Bonchev–Trinajstić information content (AvgIpc) is 3.54. The lowest BCUT2D eigenvalue weighted by Crippen LogP contribution is -2.38. The van der Waals surface area contributed by atoms with Crippen LogP contribution in [0.1, 0.15) is 50.6 Å². The first-order chi connectivity index (χ1) is 20.1. The molecule has 0 saturated heterocycles. The Kier molecular flexibility index (Phi) is 6.05. The third kappa shape index (κ3) is 3.82. The van der Waals surface area contributed by atoms with Gasteiger partial charge < -0.3 is 4.57 Å². The molecule has 0 atom stereocenters. The molecule has 0 unspecified atom stereocenters. The Balaban J connectivity index is 1.41. The number of aromatic nitrogens is 3. The van der Waals surface area contributed by atoms with E-state index in [-0.39, 0.29) is 5.91 Å². The molecule has 0 radical (unpaired) electrons. The molecule has 6 aromatic rings. The van der Waals surface area contributed by atoms with Crippen molar-refractivity contribution in [1.29, 1.82) is 0 Å². The van der Waals surface area contributed by atoms with Crippen molar-refractivity contribution < 1.29 is 4.79 Å². The molecule has 1 aliphatic heterocycles. The maximum Gasteiger partial charge on any atom is 0.258 e. The number of allylic oxidation sites excluding steroid dienone is 1. The molecule has 4 heteroatoms. The Morgan fingerprint density at radius 3 is 1.83 bits per heavy atom. The zero-order valence-corrected chi connectivity index (χ0v) is 23.3. The highest BCUT2D eigenvalue weighted by Crippen LogP contribution is 2.42. The molecule has 3 heterocycles. The molecule has 0 saturated carbocycles. The maximum atomic E-state index is 13.9. The number of carbonyl (C=O) groups is 1. The van der Waals surface area contributed by atoms with Crippen molar-refractivity contribution in [2.75, 3.05) is 0 Å². The Labute approximate surface area is 240 Å². The summed E-state index contributed by atoms with van der Waals surface area (Å²) in [6, 6.07) is 40.0. The summed E-state index contributed by atoms with van der Waals surface area (Å²) in [4.78, 5) is 18.8. The molecule has 7 rings (SSSR count). The predicted octanol–water partition coefficient (Wildman–Crippen LogP) is 7.96. The topological polar surface area (TPSA) is 39.8 Å². The Bertz CT molecular complexity index is 1810. The monoisotopic (exact) mass is 533 g/mol. The summed E-state index contributed by atoms with van der Waals surface area (Å²) >= 11 is 0. The molecule has 41 heavy (non-hydrogen) atoms. The molecule has 0 fully saturated rings. The quantitative estimate of drug-likeness (QED) is 0.167. The van der Waals surface area contributed by atoms with Crippen LogP contribution in [0.2, 0.25) is 0 Å². The Hall–Kier alpha value is -4.96. The van der Waals surface area contributed by atoms with Crippen LogP contribution in [-0.4, -0.2) is 20.0 Å². The lowest BCUT2D eigenvalue weighted by molar-refractivity contribution is 0.0946. The van der Waals surface area contributed by atoms with E-state index in [0.29, 0.717) is 6.42 Å². The first-order valence-corrected chi connectivity index (χ1v) is 14.2. The Morgan fingerprint density at radius 1 is 0.707 bits per heavy atom. The van der Waals surface area contributed by atoms with Gasteiger partial charge in [-0.2, -0.15) is 0 Å². The van der Waals surface area contributed by atoms with Crippen molar-refractivity contribution in [3.05, 3.63) is 166 Å². The summed E-state index contributed by atoms with van der Waals surface area (Å²) in [6.45, 7) is 4.23. The van der Waals surface area contributed by atoms with E-state index in [1.165, 1.54) is 5.56 Å². The number of fused-ring (bicyclic) bond motifs is 3. The van der Waals surface area contributed by atoms with Gasteiger partial charge in [-0.1, -0.05) is 109 Å². The molecule has 1 aliphatic rings. The van der Waals surface area contributed by atoms with Gasteiger partial charge in [-0.05, 0) is 61.1 Å². The summed E-state index contributed by atoms with van der Waals surface area (Å²) in [5, 5.41) is 1.15. The minimum atomic E-state index is -0.644. The van der Waals surface area contributed by atoms with Crippen molar-refractivity contribution in [1.82, 2.24) is 14.1 Å². The zero-order valence-electron chi connectivity index (χ0n) is 23.3. The molecular formula is C37H31N3O. The second-order valence-corrected chi connectivity index (χ2v) is 10.8. The van der Waals surface area contributed by atoms with Crippen molar-refractivity contribution in [3.63, 3.8) is 0 Å². The van der Waals surface area contributed by atoms with Gasteiger partial charge in [-0.25, -0.2) is 4.98 Å². The first-order valence-electron chi connectivity index (χ1n) is 14.2. The third-order valence-electron chi connectivity index (χ3n) is 8.65. The van der Waals surface area contributed by atoms with E-state index in [9.17, 15) is 4.79 Å². The summed E-state index contributed by atoms with van der Waals surface area (Å²) in [7, 11) is 0. The number of para-hydroxylation sites is 1. The van der Waals surface area contributed by atoms with Crippen molar-refractivity contribution in [2.45, 2.75) is 32.2 Å². The number of rotatable bonds is 5. The van der Waals surface area contributed by atoms with Crippen molar-refractivity contribution >= 4 is 22.9 Å². The van der Waals surface area contributed by atoms with Crippen LogP contribution in [0.25, 0.3) is 17.0 Å². The van der Waals surface area contributed by atoms with Crippen LogP contribution >= 0.6 is 0 Å². The summed E-state index contributed by atoms with van der Waals surface area (Å²) in [5.41, 5.74) is 8.69. The van der Waals surface area contributed by atoms with Crippen LogP contribution in [0.15, 0.2) is 127 Å². The second-order valence-electron chi connectivity index (χ2n) is 10.8. The fourth-order valence-electron chi connectivity index (χ4n) is 6.65. The Morgan fingerprint density at radius 2 is 1.24 bits per heavy atom. The number of hydrogen-bond donors (Lipinski definition) is 0. The van der Waals surface area contributed by atoms with Gasteiger partial charge >= 0.3 is 0 Å². The average molecular weight is 534 g/mol. The SMILES string of the molecule is Cc1c2n(c3ccccc13)C(=O)/C(=C/c1ncn(C(c3ccccc3)(c3ccccc3)c3ccccc3)c1C)CC2. The van der Waals surface area contributed by atoms with E-state index in [1.807, 2.05) is 35.2 Å². The van der Waals surface area contributed by atoms with E-state index in [2.05, 4.69) is 115 Å². The standard InChI is InChI=1S/C37H31N3O/c1-26-32-20-12-13-21-35(32)40-34(26)23-22-28(36(40)41)24-33-27(2)39(25-38-33)37(29-14-6-3-7-15-29,30-16-8-4-9-17-30)31-18-10-5-11-19-31/h3-21,24-25H,22-23H2,1-2H3/b28-24+. The van der Waals surface area contributed by atoms with Gasteiger partial charge in [0.2, 0.25) is 0 Å². The van der Waals surface area contributed by atoms with Gasteiger partial charge in [0.25, 0.3) is 5.91 Å². The highest BCUT2D eigenvalue weighted by atomic mass is 16.2. The van der Waals surface area contributed by atoms with Crippen LogP contribution in [0.4, 0.5) is 0 Å². The van der Waals surface area contributed by atoms with E-state index in [4.69, 9.17) is 4.98 Å². The van der Waals surface area contributed by atoms with E-state index < -0.39 is 5.54 Å².